The summed E-state index contributed by atoms with van der Waals surface area (Å²) < 4.78 is 0. The van der Waals surface area contributed by atoms with E-state index in [4.69, 9.17) is 10.8 Å². The molecule has 12 heteroatoms. The van der Waals surface area contributed by atoms with Crippen molar-refractivity contribution >= 4 is 51.7 Å². The third-order valence-electron chi connectivity index (χ3n) is 5.46. The summed E-state index contributed by atoms with van der Waals surface area (Å²) in [6, 6.07) is 9.01. The number of anilines is 4. The van der Waals surface area contributed by atoms with Gasteiger partial charge in [-0.15, -0.1) is 11.3 Å². The van der Waals surface area contributed by atoms with Gasteiger partial charge in [-0.1, -0.05) is 0 Å². The number of piperidine rings is 1. The first-order chi connectivity index (χ1) is 16.8. The smallest absolute Gasteiger partial charge is 0.335 e. The molecule has 0 unspecified atom stereocenters. The number of carbonyl (C=O) groups excluding carboxylic acids is 2. The van der Waals surface area contributed by atoms with Crippen molar-refractivity contribution in [1.29, 1.82) is 0 Å². The number of carbonyl (C=O) groups is 3. The van der Waals surface area contributed by atoms with Crippen molar-refractivity contribution in [3.05, 3.63) is 58.6 Å². The number of benzene rings is 1. The van der Waals surface area contributed by atoms with Crippen LogP contribution >= 0.6 is 11.3 Å². The number of rotatable bonds is 7. The molecule has 0 saturated carbocycles. The number of aromatic carboxylic acids is 1. The highest BCUT2D eigenvalue weighted by Gasteiger charge is 2.24. The molecule has 0 spiro atoms. The molecule has 4 rings (SSSR count). The van der Waals surface area contributed by atoms with Crippen LogP contribution in [-0.2, 0) is 0 Å². The summed E-state index contributed by atoms with van der Waals surface area (Å²) in [6.45, 7) is 3.14. The van der Waals surface area contributed by atoms with E-state index in [1.165, 1.54) is 23.5 Å². The van der Waals surface area contributed by atoms with Gasteiger partial charge >= 0.3 is 12.0 Å². The molecule has 6 N–H and O–H groups in total. The Labute approximate surface area is 205 Å². The standard InChI is InChI=1S/C23H25N7O4S/c1-13-12-35-23(25-13)29-22(34)27-16-3-2-10-30(11-16)18-9-8-17(19(24)31)20(28-18)26-15-6-4-14(5-7-15)21(32)33/h4-9,12,16H,2-3,10-11H2,1H3,(H2,24,31)(H,26,28)(H,32,33)(H2,25,27,29,34)/t16-/m1/s1. The number of urea groups is 1. The molecule has 1 fully saturated rings. The SMILES string of the molecule is Cc1csc(NC(=O)N[C@@H]2CCCN(c3ccc(C(N)=O)c(Nc4ccc(C(=O)O)cc4)n3)C2)n1. The molecular formula is C23H25N7O4S. The zero-order valence-corrected chi connectivity index (χ0v) is 19.8. The van der Waals surface area contributed by atoms with Crippen molar-refractivity contribution in [1.82, 2.24) is 15.3 Å². The predicted octanol–water partition coefficient (Wildman–Crippen LogP) is 3.18. The number of nitrogens with zero attached hydrogens (tertiary/aromatic N) is 3. The second-order valence-electron chi connectivity index (χ2n) is 8.12. The molecule has 2 aromatic heterocycles. The maximum absolute atomic E-state index is 12.4. The van der Waals surface area contributed by atoms with E-state index in [-0.39, 0.29) is 29.0 Å². The van der Waals surface area contributed by atoms with Gasteiger partial charge in [0.25, 0.3) is 5.91 Å². The molecule has 0 bridgehead atoms. The molecule has 35 heavy (non-hydrogen) atoms. The number of carboxylic acid groups (broad SMARTS) is 1. The molecular weight excluding hydrogens is 470 g/mol. The van der Waals surface area contributed by atoms with Crippen LogP contribution in [0.25, 0.3) is 0 Å². The number of aromatic nitrogens is 2. The van der Waals surface area contributed by atoms with Crippen molar-refractivity contribution in [2.45, 2.75) is 25.8 Å². The third kappa shape index (κ3) is 6.03. The molecule has 1 atom stereocenters. The van der Waals surface area contributed by atoms with Crippen LogP contribution in [0.4, 0.5) is 27.2 Å². The molecule has 1 saturated heterocycles. The fraction of sp³-hybridized carbons (Fsp3) is 0.261. The van der Waals surface area contributed by atoms with Gasteiger partial charge in [0, 0.05) is 30.2 Å². The molecule has 3 amide bonds. The van der Waals surface area contributed by atoms with Gasteiger partial charge in [0.2, 0.25) is 0 Å². The first-order valence-corrected chi connectivity index (χ1v) is 11.8. The Morgan fingerprint density at radius 1 is 1.14 bits per heavy atom. The zero-order valence-electron chi connectivity index (χ0n) is 18.9. The first kappa shape index (κ1) is 24.0. The van der Waals surface area contributed by atoms with Gasteiger partial charge in [-0.3, -0.25) is 10.1 Å². The van der Waals surface area contributed by atoms with Gasteiger partial charge in [-0.05, 0) is 56.2 Å². The lowest BCUT2D eigenvalue weighted by Gasteiger charge is -2.34. The van der Waals surface area contributed by atoms with Crippen LogP contribution in [0.3, 0.4) is 0 Å². The minimum Gasteiger partial charge on any atom is -0.478 e. The van der Waals surface area contributed by atoms with Gasteiger partial charge in [-0.2, -0.15) is 0 Å². The second-order valence-corrected chi connectivity index (χ2v) is 8.97. The van der Waals surface area contributed by atoms with Crippen molar-refractivity contribution < 1.29 is 19.5 Å². The summed E-state index contributed by atoms with van der Waals surface area (Å²) in [5.41, 5.74) is 7.30. The number of thiazole rings is 1. The Hall–Kier alpha value is -4.19. The number of pyridine rings is 1. The summed E-state index contributed by atoms with van der Waals surface area (Å²) in [6.07, 6.45) is 1.67. The molecule has 182 valence electrons. The van der Waals surface area contributed by atoms with E-state index in [9.17, 15) is 14.4 Å². The summed E-state index contributed by atoms with van der Waals surface area (Å²) in [4.78, 5) is 46.3. The fourth-order valence-electron chi connectivity index (χ4n) is 3.78. The van der Waals surface area contributed by atoms with Gasteiger partial charge in [-0.25, -0.2) is 19.6 Å². The van der Waals surface area contributed by atoms with Gasteiger partial charge in [0.1, 0.15) is 11.6 Å². The van der Waals surface area contributed by atoms with E-state index in [2.05, 4.69) is 25.9 Å². The summed E-state index contributed by atoms with van der Waals surface area (Å²) >= 11 is 1.37. The van der Waals surface area contributed by atoms with Crippen LogP contribution in [0.5, 0.6) is 0 Å². The van der Waals surface area contributed by atoms with Crippen molar-refractivity contribution in [3.63, 3.8) is 0 Å². The molecule has 0 aliphatic carbocycles. The lowest BCUT2D eigenvalue weighted by molar-refractivity contribution is 0.0696. The van der Waals surface area contributed by atoms with E-state index in [1.54, 1.807) is 24.3 Å². The minimum atomic E-state index is -1.03. The topological polar surface area (TPSA) is 163 Å². The van der Waals surface area contributed by atoms with E-state index < -0.39 is 11.9 Å². The summed E-state index contributed by atoms with van der Waals surface area (Å²) in [7, 11) is 0. The monoisotopic (exact) mass is 495 g/mol. The number of hydrogen-bond acceptors (Lipinski definition) is 8. The molecule has 0 radical (unpaired) electrons. The third-order valence-corrected chi connectivity index (χ3v) is 6.34. The maximum atomic E-state index is 12.4. The van der Waals surface area contributed by atoms with Crippen molar-refractivity contribution in [2.75, 3.05) is 28.6 Å². The molecule has 11 nitrogen and oxygen atoms in total. The van der Waals surface area contributed by atoms with Crippen molar-refractivity contribution in [3.8, 4) is 0 Å². The highest BCUT2D eigenvalue weighted by atomic mass is 32.1. The van der Waals surface area contributed by atoms with Crippen LogP contribution < -0.4 is 26.6 Å². The lowest BCUT2D eigenvalue weighted by atomic mass is 10.1. The minimum absolute atomic E-state index is 0.0950. The summed E-state index contributed by atoms with van der Waals surface area (Å²) in [5.74, 6) is -0.772. The number of amides is 3. The number of nitrogens with one attached hydrogen (secondary N) is 3. The number of aryl methyl sites for hydroxylation is 1. The number of hydrogen-bond donors (Lipinski definition) is 5. The molecule has 3 aromatic rings. The lowest BCUT2D eigenvalue weighted by Crippen LogP contribution is -2.49. The zero-order chi connectivity index (χ0) is 24.9. The Kier molecular flexibility index (Phi) is 7.11. The Balaban J connectivity index is 1.46. The Morgan fingerprint density at radius 2 is 1.91 bits per heavy atom. The van der Waals surface area contributed by atoms with E-state index in [0.717, 1.165) is 25.1 Å². The largest absolute Gasteiger partial charge is 0.478 e. The highest BCUT2D eigenvalue weighted by molar-refractivity contribution is 7.13. The van der Waals surface area contributed by atoms with Gasteiger partial charge in [0.15, 0.2) is 5.13 Å². The van der Waals surface area contributed by atoms with Crippen LogP contribution in [-0.4, -0.2) is 52.1 Å². The molecule has 1 aliphatic rings. The average Bonchev–Trinajstić information content (AvgIpc) is 3.23. The fourth-order valence-corrected chi connectivity index (χ4v) is 4.47. The van der Waals surface area contributed by atoms with Gasteiger partial charge < -0.3 is 26.4 Å². The predicted molar refractivity (Wildman–Crippen MR) is 134 cm³/mol. The van der Waals surface area contributed by atoms with E-state index in [0.29, 0.717) is 23.2 Å². The summed E-state index contributed by atoms with van der Waals surface area (Å²) in [5, 5.41) is 20.3. The van der Waals surface area contributed by atoms with E-state index >= 15 is 0 Å². The normalized spacial score (nSPS) is 15.3. The van der Waals surface area contributed by atoms with Crippen LogP contribution in [0.2, 0.25) is 0 Å². The molecule has 1 aromatic carbocycles. The average molecular weight is 496 g/mol. The molecule has 3 heterocycles. The first-order valence-electron chi connectivity index (χ1n) is 10.9. The highest BCUT2D eigenvalue weighted by Crippen LogP contribution is 2.25. The molecule has 1 aliphatic heterocycles. The van der Waals surface area contributed by atoms with Crippen molar-refractivity contribution in [2.24, 2.45) is 5.73 Å². The number of carboxylic acids is 1. The van der Waals surface area contributed by atoms with E-state index in [1.807, 2.05) is 17.2 Å². The number of primary amides is 1. The Bertz CT molecular complexity index is 1240. The maximum Gasteiger partial charge on any atom is 0.335 e. The van der Waals surface area contributed by atoms with Gasteiger partial charge in [0.05, 0.1) is 16.8 Å². The second kappa shape index (κ2) is 10.4. The quantitative estimate of drug-likeness (QED) is 0.334. The number of nitrogens with two attached hydrogens (primary N) is 1. The van der Waals surface area contributed by atoms with Crippen LogP contribution in [0.1, 0.15) is 39.3 Å². The Morgan fingerprint density at radius 3 is 2.57 bits per heavy atom. The van der Waals surface area contributed by atoms with Crippen LogP contribution in [0, 0.1) is 6.92 Å². The van der Waals surface area contributed by atoms with Crippen LogP contribution in [0.15, 0.2) is 41.8 Å².